The lowest BCUT2D eigenvalue weighted by molar-refractivity contribution is 0.606. The van der Waals surface area contributed by atoms with Gasteiger partial charge < -0.3 is 0 Å². The van der Waals surface area contributed by atoms with E-state index < -0.39 is 0 Å². The summed E-state index contributed by atoms with van der Waals surface area (Å²) in [6.45, 7) is 3.87. The molecule has 0 heterocycles. The molecule has 20 heavy (non-hydrogen) atoms. The Hall–Kier alpha value is -1.00. The summed E-state index contributed by atoms with van der Waals surface area (Å²) in [6, 6.07) is 10.2. The van der Waals surface area contributed by atoms with Gasteiger partial charge in [-0.25, -0.2) is 8.78 Å². The molecular formula is C16H16F2S2. The Morgan fingerprint density at radius 1 is 0.750 bits per heavy atom. The lowest BCUT2D eigenvalue weighted by Crippen LogP contribution is -1.91. The van der Waals surface area contributed by atoms with Gasteiger partial charge in [-0.15, -0.1) is 0 Å². The first kappa shape index (κ1) is 15.4. The quantitative estimate of drug-likeness (QED) is 0.632. The Balaban J connectivity index is 2.21. The van der Waals surface area contributed by atoms with Crippen LogP contribution in [0.15, 0.2) is 46.2 Å². The van der Waals surface area contributed by atoms with Crippen molar-refractivity contribution in [3.05, 3.63) is 59.2 Å². The molecule has 0 aliphatic rings. The van der Waals surface area contributed by atoms with Crippen molar-refractivity contribution in [3.8, 4) is 0 Å². The predicted octanol–water partition coefficient (Wildman–Crippen LogP) is 5.89. The maximum atomic E-state index is 13.7. The molecule has 0 spiro atoms. The van der Waals surface area contributed by atoms with Gasteiger partial charge in [-0.05, 0) is 37.1 Å². The molecule has 0 aromatic heterocycles. The Morgan fingerprint density at radius 2 is 1.15 bits per heavy atom. The first-order valence-electron chi connectivity index (χ1n) is 6.56. The molecule has 4 heteroatoms. The molecule has 0 unspecified atom stereocenters. The van der Waals surface area contributed by atoms with E-state index in [0.29, 0.717) is 12.8 Å². The SMILES string of the molecule is CCc1c(F)cccc1SSc1cccc(F)c1CC. The fraction of sp³-hybridized carbons (Fsp3) is 0.250. The monoisotopic (exact) mass is 310 g/mol. The smallest absolute Gasteiger partial charge is 0.127 e. The van der Waals surface area contributed by atoms with E-state index in [2.05, 4.69) is 0 Å². The summed E-state index contributed by atoms with van der Waals surface area (Å²) in [4.78, 5) is 1.81. The second-order valence-corrected chi connectivity index (χ2v) is 6.52. The number of hydrogen-bond acceptors (Lipinski definition) is 2. The highest BCUT2D eigenvalue weighted by molar-refractivity contribution is 8.76. The van der Waals surface area contributed by atoms with Gasteiger partial charge >= 0.3 is 0 Å². The molecule has 2 aromatic carbocycles. The zero-order valence-corrected chi connectivity index (χ0v) is 13.1. The van der Waals surface area contributed by atoms with Crippen LogP contribution in [0.2, 0.25) is 0 Å². The summed E-state index contributed by atoms with van der Waals surface area (Å²) in [5.74, 6) is -0.346. The van der Waals surface area contributed by atoms with Crippen LogP contribution in [0.25, 0.3) is 0 Å². The van der Waals surface area contributed by atoms with Crippen molar-refractivity contribution in [2.24, 2.45) is 0 Å². The molecule has 0 aliphatic carbocycles. The van der Waals surface area contributed by atoms with Gasteiger partial charge in [0.25, 0.3) is 0 Å². The Bertz CT molecular complexity index is 544. The molecular weight excluding hydrogens is 294 g/mol. The van der Waals surface area contributed by atoms with Crippen LogP contribution in [0.5, 0.6) is 0 Å². The maximum absolute atomic E-state index is 13.7. The van der Waals surface area contributed by atoms with Crippen molar-refractivity contribution in [2.45, 2.75) is 36.5 Å². The van der Waals surface area contributed by atoms with E-state index in [1.165, 1.54) is 33.7 Å². The number of rotatable bonds is 5. The third kappa shape index (κ3) is 3.36. The van der Waals surface area contributed by atoms with Crippen molar-refractivity contribution < 1.29 is 8.78 Å². The molecule has 0 fully saturated rings. The van der Waals surface area contributed by atoms with Gasteiger partial charge in [0.1, 0.15) is 11.6 Å². The van der Waals surface area contributed by atoms with Gasteiger partial charge in [0.15, 0.2) is 0 Å². The molecule has 0 N–H and O–H groups in total. The molecule has 0 saturated heterocycles. The van der Waals surface area contributed by atoms with Crippen LogP contribution in [-0.2, 0) is 12.8 Å². The van der Waals surface area contributed by atoms with E-state index >= 15 is 0 Å². The molecule has 0 radical (unpaired) electrons. The lowest BCUT2D eigenvalue weighted by Gasteiger charge is -2.10. The van der Waals surface area contributed by atoms with Crippen molar-refractivity contribution in [1.82, 2.24) is 0 Å². The third-order valence-corrected chi connectivity index (χ3v) is 5.61. The third-order valence-electron chi connectivity index (χ3n) is 3.08. The van der Waals surface area contributed by atoms with Gasteiger partial charge in [0.2, 0.25) is 0 Å². The van der Waals surface area contributed by atoms with Gasteiger partial charge in [0.05, 0.1) is 0 Å². The van der Waals surface area contributed by atoms with Gasteiger partial charge in [0, 0.05) is 20.9 Å². The van der Waals surface area contributed by atoms with Gasteiger partial charge in [-0.2, -0.15) is 0 Å². The molecule has 0 bridgehead atoms. The molecule has 0 aliphatic heterocycles. The summed E-state index contributed by atoms with van der Waals surface area (Å²) < 4.78 is 27.4. The Kier molecular flexibility index (Phi) is 5.49. The van der Waals surface area contributed by atoms with E-state index in [1.807, 2.05) is 26.0 Å². The van der Waals surface area contributed by atoms with Crippen molar-refractivity contribution >= 4 is 21.6 Å². The Labute approximate surface area is 126 Å². The summed E-state index contributed by atoms with van der Waals surface area (Å²) in [6.07, 6.45) is 1.30. The summed E-state index contributed by atoms with van der Waals surface area (Å²) >= 11 is 0. The molecule has 0 amide bonds. The van der Waals surface area contributed by atoms with Crippen LogP contribution >= 0.6 is 21.6 Å². The fourth-order valence-corrected chi connectivity index (χ4v) is 4.62. The number of halogens is 2. The first-order valence-corrected chi connectivity index (χ1v) is 8.71. The summed E-state index contributed by atoms with van der Waals surface area (Å²) in [5, 5.41) is 0. The van der Waals surface area contributed by atoms with Crippen LogP contribution < -0.4 is 0 Å². The number of benzene rings is 2. The number of hydrogen-bond donors (Lipinski definition) is 0. The second kappa shape index (κ2) is 7.14. The average Bonchev–Trinajstić information content (AvgIpc) is 2.45. The zero-order chi connectivity index (χ0) is 14.5. The largest absolute Gasteiger partial charge is 0.207 e. The van der Waals surface area contributed by atoms with Crippen molar-refractivity contribution in [3.63, 3.8) is 0 Å². The summed E-state index contributed by atoms with van der Waals surface area (Å²) in [5.41, 5.74) is 1.44. The van der Waals surface area contributed by atoms with E-state index in [1.54, 1.807) is 12.1 Å². The van der Waals surface area contributed by atoms with Gasteiger partial charge in [-0.1, -0.05) is 47.6 Å². The van der Waals surface area contributed by atoms with Crippen LogP contribution in [-0.4, -0.2) is 0 Å². The minimum atomic E-state index is -0.173. The predicted molar refractivity (Wildman–Crippen MR) is 83.3 cm³/mol. The fourth-order valence-electron chi connectivity index (χ4n) is 2.01. The van der Waals surface area contributed by atoms with Crippen LogP contribution in [0.4, 0.5) is 8.78 Å². The van der Waals surface area contributed by atoms with Crippen LogP contribution in [0.3, 0.4) is 0 Å². The molecule has 0 nitrogen and oxygen atoms in total. The molecule has 0 atom stereocenters. The van der Waals surface area contributed by atoms with Gasteiger partial charge in [-0.3, -0.25) is 0 Å². The topological polar surface area (TPSA) is 0 Å². The molecule has 106 valence electrons. The highest BCUT2D eigenvalue weighted by Crippen LogP contribution is 2.41. The lowest BCUT2D eigenvalue weighted by atomic mass is 10.1. The van der Waals surface area contributed by atoms with Crippen LogP contribution in [0, 0.1) is 11.6 Å². The molecule has 2 rings (SSSR count). The standard InChI is InChI=1S/C16H16F2S2/c1-3-11-13(17)7-5-9-15(11)19-20-16-10-6-8-14(18)12(16)4-2/h5-10H,3-4H2,1-2H3. The highest BCUT2D eigenvalue weighted by atomic mass is 33.1. The minimum Gasteiger partial charge on any atom is -0.207 e. The normalized spacial score (nSPS) is 10.8. The highest BCUT2D eigenvalue weighted by Gasteiger charge is 2.11. The van der Waals surface area contributed by atoms with Crippen LogP contribution in [0.1, 0.15) is 25.0 Å². The first-order chi connectivity index (χ1) is 9.67. The van der Waals surface area contributed by atoms with E-state index in [-0.39, 0.29) is 11.6 Å². The average molecular weight is 310 g/mol. The zero-order valence-electron chi connectivity index (χ0n) is 11.5. The van der Waals surface area contributed by atoms with Crippen molar-refractivity contribution in [1.29, 1.82) is 0 Å². The summed E-state index contributed by atoms with van der Waals surface area (Å²) in [7, 11) is 2.97. The van der Waals surface area contributed by atoms with Crippen molar-refractivity contribution in [2.75, 3.05) is 0 Å². The Morgan fingerprint density at radius 3 is 1.50 bits per heavy atom. The molecule has 0 saturated carbocycles. The molecule has 2 aromatic rings. The second-order valence-electron chi connectivity index (χ2n) is 4.31. The van der Waals surface area contributed by atoms with E-state index in [9.17, 15) is 8.78 Å². The maximum Gasteiger partial charge on any atom is 0.127 e. The minimum absolute atomic E-state index is 0.173. The van der Waals surface area contributed by atoms with E-state index in [0.717, 1.165) is 20.9 Å². The van der Waals surface area contributed by atoms with E-state index in [4.69, 9.17) is 0 Å².